The van der Waals surface area contributed by atoms with Crippen LogP contribution in [0, 0.1) is 0 Å². The summed E-state index contributed by atoms with van der Waals surface area (Å²) in [6, 6.07) is 7.34. The molecule has 0 saturated carbocycles. The molecular weight excluding hydrogens is 228 g/mol. The van der Waals surface area contributed by atoms with E-state index < -0.39 is 0 Å². The summed E-state index contributed by atoms with van der Waals surface area (Å²) >= 11 is 5.99. The Balaban J connectivity index is 2.70. The molecule has 6 heteroatoms. The highest BCUT2D eigenvalue weighted by Gasteiger charge is 2.08. The second-order valence-electron chi connectivity index (χ2n) is 3.25. The lowest BCUT2D eigenvalue weighted by Gasteiger charge is -2.03. The number of hydrogen-bond donors (Lipinski definition) is 0. The number of hydrogen-bond acceptors (Lipinski definition) is 4. The summed E-state index contributed by atoms with van der Waals surface area (Å²) < 4.78 is 1.15. The highest BCUT2D eigenvalue weighted by atomic mass is 35.5. The second kappa shape index (κ2) is 3.24. The molecule has 3 rings (SSSR count). The fourth-order valence-corrected chi connectivity index (χ4v) is 1.84. The molecule has 0 N–H and O–H groups in total. The lowest BCUT2D eigenvalue weighted by atomic mass is 10.2. The van der Waals surface area contributed by atoms with Crippen molar-refractivity contribution in [1.29, 1.82) is 0 Å². The molecule has 0 radical (unpaired) electrons. The van der Waals surface area contributed by atoms with Gasteiger partial charge in [0.05, 0.1) is 0 Å². The van der Waals surface area contributed by atoms with E-state index in [1.54, 1.807) is 0 Å². The molecule has 0 bridgehead atoms. The first kappa shape index (κ1) is 9.23. The Labute approximate surface area is 94.3 Å². The molecule has 0 saturated heterocycles. The van der Waals surface area contributed by atoms with Gasteiger partial charge < -0.3 is 0 Å². The fourth-order valence-electron chi connectivity index (χ4n) is 1.60. The minimum Gasteiger partial charge on any atom is -0.265 e. The Bertz CT molecular complexity index is 752. The average Bonchev–Trinajstić information content (AvgIpc) is 2.31. The van der Waals surface area contributed by atoms with E-state index >= 15 is 0 Å². The average molecular weight is 233 g/mol. The Morgan fingerprint density at radius 3 is 2.75 bits per heavy atom. The van der Waals surface area contributed by atoms with E-state index in [1.807, 2.05) is 24.3 Å². The first-order valence-electron chi connectivity index (χ1n) is 4.56. The highest BCUT2D eigenvalue weighted by Crippen LogP contribution is 2.22. The zero-order valence-corrected chi connectivity index (χ0v) is 8.72. The van der Waals surface area contributed by atoms with Crippen LogP contribution in [0.3, 0.4) is 0 Å². The van der Waals surface area contributed by atoms with Crippen molar-refractivity contribution in [2.24, 2.45) is 0 Å². The molecule has 0 amide bonds. The third-order valence-electron chi connectivity index (χ3n) is 2.31. The zero-order valence-electron chi connectivity index (χ0n) is 7.96. The molecule has 78 valence electrons. The van der Waals surface area contributed by atoms with E-state index in [2.05, 4.69) is 15.3 Å². The molecule has 0 atom stereocenters. The van der Waals surface area contributed by atoms with Gasteiger partial charge in [0.15, 0.2) is 10.8 Å². The quantitative estimate of drug-likeness (QED) is 0.548. The van der Waals surface area contributed by atoms with Gasteiger partial charge in [-0.3, -0.25) is 4.79 Å². The van der Waals surface area contributed by atoms with Crippen molar-refractivity contribution < 1.29 is 0 Å². The minimum atomic E-state index is -0.349. The van der Waals surface area contributed by atoms with Gasteiger partial charge in [-0.15, -0.1) is 5.10 Å². The van der Waals surface area contributed by atoms with E-state index in [4.69, 9.17) is 11.6 Å². The van der Waals surface area contributed by atoms with Crippen molar-refractivity contribution in [1.82, 2.24) is 19.8 Å². The van der Waals surface area contributed by atoms with Crippen molar-refractivity contribution in [3.63, 3.8) is 0 Å². The number of fused-ring (bicyclic) bond motifs is 3. The summed E-state index contributed by atoms with van der Waals surface area (Å²) in [5.41, 5.74) is 0.0603. The number of benzene rings is 1. The van der Waals surface area contributed by atoms with Crippen LogP contribution in [0.1, 0.15) is 0 Å². The van der Waals surface area contributed by atoms with Crippen LogP contribution < -0.4 is 5.56 Å². The normalized spacial score (nSPS) is 11.1. The summed E-state index contributed by atoms with van der Waals surface area (Å²) in [4.78, 5) is 11.5. The molecule has 2 heterocycles. The van der Waals surface area contributed by atoms with Crippen molar-refractivity contribution in [2.75, 3.05) is 0 Å². The fraction of sp³-hybridized carbons (Fsp3) is 0. The molecule has 0 unspecified atom stereocenters. The maximum atomic E-state index is 11.5. The molecule has 5 nitrogen and oxygen atoms in total. The second-order valence-corrected chi connectivity index (χ2v) is 3.61. The van der Waals surface area contributed by atoms with Gasteiger partial charge in [-0.2, -0.15) is 14.7 Å². The van der Waals surface area contributed by atoms with Crippen LogP contribution in [0.25, 0.3) is 16.4 Å². The third kappa shape index (κ3) is 1.18. The lowest BCUT2D eigenvalue weighted by molar-refractivity contribution is 0.833. The van der Waals surface area contributed by atoms with Gasteiger partial charge in [0.2, 0.25) is 0 Å². The van der Waals surface area contributed by atoms with Crippen LogP contribution in [-0.2, 0) is 0 Å². The first-order chi connectivity index (χ1) is 7.77. The molecule has 0 aliphatic rings. The van der Waals surface area contributed by atoms with Gasteiger partial charge in [0.25, 0.3) is 5.56 Å². The predicted molar refractivity (Wildman–Crippen MR) is 59.6 cm³/mol. The van der Waals surface area contributed by atoms with Gasteiger partial charge >= 0.3 is 0 Å². The van der Waals surface area contributed by atoms with Crippen LogP contribution in [0.2, 0.25) is 5.15 Å². The zero-order chi connectivity index (χ0) is 11.1. The Morgan fingerprint density at radius 1 is 1.19 bits per heavy atom. The largest absolute Gasteiger partial charge is 0.293 e. The summed E-state index contributed by atoms with van der Waals surface area (Å²) in [5.74, 6) is 0. The maximum Gasteiger partial charge on any atom is 0.293 e. The minimum absolute atomic E-state index is 0.276. The van der Waals surface area contributed by atoms with Gasteiger partial charge in [-0.1, -0.05) is 35.9 Å². The van der Waals surface area contributed by atoms with Gasteiger partial charge in [0.1, 0.15) is 6.20 Å². The van der Waals surface area contributed by atoms with Crippen LogP contribution in [0.5, 0.6) is 0 Å². The Kier molecular flexibility index (Phi) is 1.87. The van der Waals surface area contributed by atoms with Crippen LogP contribution in [0.15, 0.2) is 35.3 Å². The maximum absolute atomic E-state index is 11.5. The van der Waals surface area contributed by atoms with Gasteiger partial charge in [-0.25, -0.2) is 0 Å². The molecule has 2 aromatic heterocycles. The monoisotopic (exact) mass is 232 g/mol. The SMILES string of the molecule is O=c1cnnc2c3ccccc3c(Cl)nn12. The predicted octanol–water partition coefficient (Wildman–Crippen LogP) is 1.29. The van der Waals surface area contributed by atoms with E-state index in [0.29, 0.717) is 5.65 Å². The highest BCUT2D eigenvalue weighted by molar-refractivity contribution is 6.34. The molecule has 16 heavy (non-hydrogen) atoms. The van der Waals surface area contributed by atoms with Crippen LogP contribution in [0.4, 0.5) is 0 Å². The van der Waals surface area contributed by atoms with Crippen molar-refractivity contribution in [2.45, 2.75) is 0 Å². The third-order valence-corrected chi connectivity index (χ3v) is 2.59. The summed E-state index contributed by atoms with van der Waals surface area (Å²) in [6.45, 7) is 0. The van der Waals surface area contributed by atoms with Crippen molar-refractivity contribution in [3.8, 4) is 0 Å². The van der Waals surface area contributed by atoms with E-state index in [1.165, 1.54) is 0 Å². The van der Waals surface area contributed by atoms with E-state index in [0.717, 1.165) is 21.5 Å². The van der Waals surface area contributed by atoms with E-state index in [9.17, 15) is 4.79 Å². The van der Waals surface area contributed by atoms with Crippen molar-refractivity contribution >= 4 is 28.0 Å². The Hall–Kier alpha value is -2.01. The molecule has 0 aliphatic heterocycles. The number of halogens is 1. The van der Waals surface area contributed by atoms with Crippen LogP contribution >= 0.6 is 11.6 Å². The summed E-state index contributed by atoms with van der Waals surface area (Å²) in [6.07, 6.45) is 1.10. The van der Waals surface area contributed by atoms with Gasteiger partial charge in [-0.05, 0) is 0 Å². The van der Waals surface area contributed by atoms with E-state index in [-0.39, 0.29) is 10.7 Å². The molecule has 3 aromatic rings. The topological polar surface area (TPSA) is 60.2 Å². The number of nitrogens with zero attached hydrogens (tertiary/aromatic N) is 4. The van der Waals surface area contributed by atoms with Crippen LogP contribution in [-0.4, -0.2) is 19.8 Å². The molecule has 0 fully saturated rings. The van der Waals surface area contributed by atoms with Gasteiger partial charge in [0, 0.05) is 10.8 Å². The molecule has 0 aliphatic carbocycles. The number of rotatable bonds is 0. The molecule has 1 aromatic carbocycles. The molecular formula is C10H5ClN4O. The number of aromatic nitrogens is 4. The first-order valence-corrected chi connectivity index (χ1v) is 4.94. The standard InChI is InChI=1S/C10H5ClN4O/c11-9-6-3-1-2-4-7(6)10-13-12-5-8(16)15(10)14-9/h1-5H. The Morgan fingerprint density at radius 2 is 1.94 bits per heavy atom. The van der Waals surface area contributed by atoms with Crippen molar-refractivity contribution in [3.05, 3.63) is 46.0 Å². The molecule has 0 spiro atoms. The summed E-state index contributed by atoms with van der Waals surface area (Å²) in [5, 5.41) is 13.3. The lowest BCUT2D eigenvalue weighted by Crippen LogP contribution is -2.17. The summed E-state index contributed by atoms with van der Waals surface area (Å²) in [7, 11) is 0. The smallest absolute Gasteiger partial charge is 0.265 e.